The van der Waals surface area contributed by atoms with Gasteiger partial charge in [0.1, 0.15) is 17.5 Å². The van der Waals surface area contributed by atoms with Gasteiger partial charge in [-0.25, -0.2) is 15.2 Å². The molecule has 1 atom stereocenters. The van der Waals surface area contributed by atoms with Crippen molar-refractivity contribution >= 4 is 23.4 Å². The number of nitrogens with one attached hydrogen (secondary N) is 2. The minimum atomic E-state index is -4.52. The van der Waals surface area contributed by atoms with Crippen molar-refractivity contribution in [1.82, 2.24) is 20.4 Å². The molecule has 0 saturated heterocycles. The van der Waals surface area contributed by atoms with Gasteiger partial charge in [0.25, 0.3) is 0 Å². The Morgan fingerprint density at radius 1 is 1.11 bits per heavy atom. The quantitative estimate of drug-likeness (QED) is 0.400. The van der Waals surface area contributed by atoms with Crippen LogP contribution in [0.5, 0.6) is 11.5 Å². The number of hydrogen-bond donors (Lipinski definition) is 2. The molecule has 3 aromatic rings. The van der Waals surface area contributed by atoms with Crippen LogP contribution in [0.15, 0.2) is 54.6 Å². The molecule has 200 valence electrons. The number of halogens is 3. The van der Waals surface area contributed by atoms with Crippen LogP contribution in [-0.4, -0.2) is 54.0 Å². The number of methoxy groups -OCH3 is 2. The average Bonchev–Trinajstić information content (AvgIpc) is 3.30. The van der Waals surface area contributed by atoms with Crippen molar-refractivity contribution in [3.8, 4) is 22.6 Å². The predicted octanol–water partition coefficient (Wildman–Crippen LogP) is 4.64. The molecule has 3 heterocycles. The van der Waals surface area contributed by atoms with E-state index in [0.717, 1.165) is 6.08 Å². The number of alkyl halides is 3. The zero-order valence-corrected chi connectivity index (χ0v) is 21.0. The van der Waals surface area contributed by atoms with Gasteiger partial charge in [-0.3, -0.25) is 9.99 Å². The van der Waals surface area contributed by atoms with E-state index in [1.165, 1.54) is 50.8 Å². The highest BCUT2D eigenvalue weighted by atomic mass is 19.4. The number of carbonyl (C=O) groups excluding carboxylic acids is 1. The summed E-state index contributed by atoms with van der Waals surface area (Å²) in [5, 5.41) is 4.26. The summed E-state index contributed by atoms with van der Waals surface area (Å²) in [6.45, 7) is 3.38. The van der Waals surface area contributed by atoms with Crippen LogP contribution in [-0.2, 0) is 4.74 Å². The maximum atomic E-state index is 13.5. The van der Waals surface area contributed by atoms with Crippen LogP contribution in [0, 0.1) is 0 Å². The Hall–Kier alpha value is -4.39. The van der Waals surface area contributed by atoms with E-state index in [2.05, 4.69) is 25.7 Å². The highest BCUT2D eigenvalue weighted by Gasteiger charge is 2.43. The molecule has 0 aliphatic carbocycles. The lowest BCUT2D eigenvalue weighted by atomic mass is 10.1. The summed E-state index contributed by atoms with van der Waals surface area (Å²) in [5.41, 5.74) is 4.16. The van der Waals surface area contributed by atoms with E-state index in [1.54, 1.807) is 25.1 Å². The topological polar surface area (TPSA) is 111 Å². The number of pyridine rings is 1. The van der Waals surface area contributed by atoms with Crippen LogP contribution in [0.25, 0.3) is 11.1 Å². The van der Waals surface area contributed by atoms with E-state index in [1.807, 2.05) is 0 Å². The fourth-order valence-corrected chi connectivity index (χ4v) is 3.72. The summed E-state index contributed by atoms with van der Waals surface area (Å²) < 4.78 is 56.1. The molecule has 1 unspecified atom stereocenters. The van der Waals surface area contributed by atoms with E-state index in [4.69, 9.17) is 14.2 Å². The molecular formula is C25H25F3N6O4. The van der Waals surface area contributed by atoms with Crippen LogP contribution in [0.1, 0.15) is 24.2 Å². The highest BCUT2D eigenvalue weighted by Crippen LogP contribution is 2.36. The van der Waals surface area contributed by atoms with E-state index in [9.17, 15) is 18.0 Å². The first-order chi connectivity index (χ1) is 18.1. The van der Waals surface area contributed by atoms with Crippen molar-refractivity contribution in [2.45, 2.75) is 26.1 Å². The van der Waals surface area contributed by atoms with E-state index in [-0.39, 0.29) is 29.6 Å². The van der Waals surface area contributed by atoms with Crippen molar-refractivity contribution < 1.29 is 32.2 Å². The summed E-state index contributed by atoms with van der Waals surface area (Å²) in [5.74, 6) is 0.651. The first-order valence-electron chi connectivity index (χ1n) is 11.4. The van der Waals surface area contributed by atoms with E-state index in [0.29, 0.717) is 28.3 Å². The second-order valence-corrected chi connectivity index (χ2v) is 8.13. The molecule has 0 spiro atoms. The third kappa shape index (κ3) is 5.78. The number of hydrazine groups is 1. The predicted molar refractivity (Wildman–Crippen MR) is 133 cm³/mol. The highest BCUT2D eigenvalue weighted by molar-refractivity contribution is 5.91. The molecule has 0 saturated carbocycles. The number of hydrogen-bond acceptors (Lipinski definition) is 10. The van der Waals surface area contributed by atoms with Crippen molar-refractivity contribution in [3.63, 3.8) is 0 Å². The van der Waals surface area contributed by atoms with E-state index >= 15 is 0 Å². The van der Waals surface area contributed by atoms with Crippen molar-refractivity contribution in [2.75, 3.05) is 31.2 Å². The molecule has 13 heteroatoms. The van der Waals surface area contributed by atoms with Crippen LogP contribution >= 0.6 is 0 Å². The Kier molecular flexibility index (Phi) is 7.67. The first kappa shape index (κ1) is 26.7. The molecule has 2 aromatic heterocycles. The van der Waals surface area contributed by atoms with Gasteiger partial charge >= 0.3 is 12.1 Å². The Bertz CT molecular complexity index is 1340. The molecule has 1 aliphatic rings. The summed E-state index contributed by atoms with van der Waals surface area (Å²) in [4.78, 5) is 25.2. The van der Waals surface area contributed by atoms with Gasteiger partial charge in [0.05, 0.1) is 26.4 Å². The third-order valence-corrected chi connectivity index (χ3v) is 5.53. The van der Waals surface area contributed by atoms with Gasteiger partial charge in [-0.05, 0) is 26.0 Å². The number of ether oxygens (including phenoxy) is 3. The Morgan fingerprint density at radius 3 is 2.42 bits per heavy atom. The van der Waals surface area contributed by atoms with Gasteiger partial charge in [0.2, 0.25) is 5.95 Å². The molecule has 0 bridgehead atoms. The minimum Gasteiger partial charge on any atom is -0.497 e. The normalized spacial score (nSPS) is 15.2. The first-order valence-corrected chi connectivity index (χ1v) is 11.4. The average molecular weight is 531 g/mol. The Morgan fingerprint density at radius 2 is 1.82 bits per heavy atom. The number of benzene rings is 1. The number of rotatable bonds is 8. The second-order valence-electron chi connectivity index (χ2n) is 8.13. The van der Waals surface area contributed by atoms with Gasteiger partial charge in [-0.1, -0.05) is 0 Å². The molecule has 0 fully saturated rings. The number of aromatic nitrogens is 3. The zero-order chi connectivity index (χ0) is 27.4. The van der Waals surface area contributed by atoms with E-state index < -0.39 is 18.2 Å². The number of anilines is 3. The molecule has 10 nitrogen and oxygen atoms in total. The molecule has 2 N–H and O–H groups in total. The smallest absolute Gasteiger partial charge is 0.409 e. The van der Waals surface area contributed by atoms with Crippen LogP contribution in [0.2, 0.25) is 0 Å². The van der Waals surface area contributed by atoms with Gasteiger partial charge in [0, 0.05) is 59.3 Å². The molecule has 0 radical (unpaired) electrons. The summed E-state index contributed by atoms with van der Waals surface area (Å²) in [6.07, 6.45) is 0.768. The van der Waals surface area contributed by atoms with Crippen molar-refractivity contribution in [1.29, 1.82) is 0 Å². The van der Waals surface area contributed by atoms with Gasteiger partial charge in [0.15, 0.2) is 5.82 Å². The maximum Gasteiger partial charge on any atom is 0.409 e. The van der Waals surface area contributed by atoms with Gasteiger partial charge in [-0.2, -0.15) is 18.2 Å². The fourth-order valence-electron chi connectivity index (χ4n) is 3.72. The Labute approximate surface area is 216 Å². The Balaban J connectivity index is 1.78. The third-order valence-electron chi connectivity index (χ3n) is 5.53. The number of esters is 1. The van der Waals surface area contributed by atoms with Crippen molar-refractivity contribution in [3.05, 3.63) is 60.2 Å². The lowest BCUT2D eigenvalue weighted by Crippen LogP contribution is -2.45. The largest absolute Gasteiger partial charge is 0.497 e. The lowest BCUT2D eigenvalue weighted by Gasteiger charge is -2.25. The van der Waals surface area contributed by atoms with Gasteiger partial charge in [-0.15, -0.1) is 0 Å². The molecule has 0 amide bonds. The number of carbonyl (C=O) groups is 1. The number of nitrogens with zero attached hydrogens (tertiary/aromatic N) is 4. The SMILES string of the molecule is CCOC(=O)c1cncc(-c2cnc(Nc3cc(OC)cc(OC)c3)nc2N2NC(C(F)(F)F)C=C2C)c1. The molecular weight excluding hydrogens is 505 g/mol. The monoisotopic (exact) mass is 530 g/mol. The maximum absolute atomic E-state index is 13.5. The van der Waals surface area contributed by atoms with Crippen LogP contribution in [0.3, 0.4) is 0 Å². The summed E-state index contributed by atoms with van der Waals surface area (Å²) >= 11 is 0. The zero-order valence-electron chi connectivity index (χ0n) is 21.0. The summed E-state index contributed by atoms with van der Waals surface area (Å²) in [6, 6.07) is 4.66. The number of allylic oxidation sites excluding steroid dienone is 1. The molecule has 1 aromatic carbocycles. The second kappa shape index (κ2) is 10.9. The van der Waals surface area contributed by atoms with Crippen molar-refractivity contribution in [2.24, 2.45) is 0 Å². The molecule has 1 aliphatic heterocycles. The minimum absolute atomic E-state index is 0.0959. The van der Waals surface area contributed by atoms with Crippen LogP contribution < -0.4 is 25.2 Å². The van der Waals surface area contributed by atoms with Crippen LogP contribution in [0.4, 0.5) is 30.6 Å². The fraction of sp³-hybridized carbons (Fsp3) is 0.280. The summed E-state index contributed by atoms with van der Waals surface area (Å²) in [7, 11) is 3.01. The lowest BCUT2D eigenvalue weighted by molar-refractivity contribution is -0.142. The standard InChI is InChI=1S/C25H25F3N6O4/c1-5-38-23(35)16-7-15(11-29-12-16)20-13-30-24(31-17-8-18(36-3)10-19(9-17)37-4)32-22(20)34-14(2)6-21(33-34)25(26,27)28/h6-13,21,33H,5H2,1-4H3,(H,30,31,32). The molecule has 4 rings (SSSR count). The van der Waals surface area contributed by atoms with Gasteiger partial charge < -0.3 is 19.5 Å². The molecule has 38 heavy (non-hydrogen) atoms.